The van der Waals surface area contributed by atoms with Crippen molar-refractivity contribution >= 4 is 11.9 Å². The Morgan fingerprint density at radius 1 is 0.526 bits per heavy atom. The van der Waals surface area contributed by atoms with Gasteiger partial charge in [-0.05, 0) is 36.8 Å². The fourth-order valence-electron chi connectivity index (χ4n) is 7.52. The van der Waals surface area contributed by atoms with Crippen LogP contribution in [0.4, 0.5) is 0 Å². The minimum absolute atomic E-state index is 0.476. The van der Waals surface area contributed by atoms with Crippen molar-refractivity contribution in [1.29, 1.82) is 0 Å². The molecule has 5 aliphatic rings. The van der Waals surface area contributed by atoms with Gasteiger partial charge >= 0.3 is 0 Å². The van der Waals surface area contributed by atoms with E-state index in [2.05, 4.69) is 80.3 Å². The number of fused-ring (bicyclic) bond motifs is 2. The molecule has 2 aliphatic carbocycles. The third-order valence-electron chi connectivity index (χ3n) is 9.50. The van der Waals surface area contributed by atoms with E-state index >= 15 is 0 Å². The van der Waals surface area contributed by atoms with Gasteiger partial charge in [-0.1, -0.05) is 86.3 Å². The Bertz CT molecular complexity index is 1050. The number of hydrogen-bond donors (Lipinski definition) is 0. The van der Waals surface area contributed by atoms with Gasteiger partial charge in [-0.25, -0.2) is 9.98 Å². The monoisotopic (exact) mass is 510 g/mol. The van der Waals surface area contributed by atoms with E-state index in [9.17, 15) is 0 Å². The molecule has 38 heavy (non-hydrogen) atoms. The predicted molar refractivity (Wildman–Crippen MR) is 154 cm³/mol. The standard InChI is InChI=1S/C32H42N6/c1-3-11-25(12-4-1)23-37-29-17-9-7-15-27(29)33-31(37)35-19-21-36(22-20-35)32-34-28-16-8-10-18-30(28)38(32)24-26-13-5-2-6-14-26/h1-6,11-14,27-30H,7-10,15-24H2. The highest BCUT2D eigenvalue weighted by Crippen LogP contribution is 2.35. The highest BCUT2D eigenvalue weighted by molar-refractivity contribution is 5.85. The largest absolute Gasteiger partial charge is 0.339 e. The molecule has 1 saturated heterocycles. The van der Waals surface area contributed by atoms with Gasteiger partial charge in [0, 0.05) is 39.3 Å². The van der Waals surface area contributed by atoms with Crippen LogP contribution in [0.1, 0.15) is 62.5 Å². The average molecular weight is 511 g/mol. The molecule has 7 rings (SSSR count). The molecule has 3 aliphatic heterocycles. The summed E-state index contributed by atoms with van der Waals surface area (Å²) in [6.07, 6.45) is 10.4. The zero-order valence-corrected chi connectivity index (χ0v) is 22.7. The summed E-state index contributed by atoms with van der Waals surface area (Å²) in [6.45, 7) is 6.05. The number of rotatable bonds is 4. The Kier molecular flexibility index (Phi) is 6.72. The molecule has 4 atom stereocenters. The molecule has 3 heterocycles. The number of piperazine rings is 1. The predicted octanol–water partition coefficient (Wildman–Crippen LogP) is 4.97. The molecular formula is C32H42N6. The van der Waals surface area contributed by atoms with Crippen molar-refractivity contribution in [2.75, 3.05) is 26.2 Å². The van der Waals surface area contributed by atoms with Crippen molar-refractivity contribution in [3.8, 4) is 0 Å². The lowest BCUT2D eigenvalue weighted by molar-refractivity contribution is 0.179. The first kappa shape index (κ1) is 24.1. The van der Waals surface area contributed by atoms with E-state index in [0.29, 0.717) is 24.2 Å². The SMILES string of the molecule is c1ccc(CN2C(N3CCN(C4=NC5CCCCC5N4Cc4ccccc4)CC3)=NC3CCCCC32)cc1. The minimum Gasteiger partial charge on any atom is -0.339 e. The van der Waals surface area contributed by atoms with E-state index in [-0.39, 0.29) is 0 Å². The van der Waals surface area contributed by atoms with Gasteiger partial charge in [0.2, 0.25) is 0 Å². The lowest BCUT2D eigenvalue weighted by Crippen LogP contribution is -2.57. The molecule has 0 N–H and O–H groups in total. The number of benzene rings is 2. The summed E-state index contributed by atoms with van der Waals surface area (Å²) in [5, 5.41) is 0. The molecule has 200 valence electrons. The summed E-state index contributed by atoms with van der Waals surface area (Å²) >= 11 is 0. The van der Waals surface area contributed by atoms with Crippen LogP contribution < -0.4 is 0 Å². The van der Waals surface area contributed by atoms with Crippen LogP contribution in [0.2, 0.25) is 0 Å². The van der Waals surface area contributed by atoms with E-state index in [0.717, 1.165) is 39.3 Å². The molecule has 2 aromatic carbocycles. The maximum absolute atomic E-state index is 5.37. The Hall–Kier alpha value is -3.02. The van der Waals surface area contributed by atoms with Crippen molar-refractivity contribution in [1.82, 2.24) is 19.6 Å². The quantitative estimate of drug-likeness (QED) is 0.582. The lowest BCUT2D eigenvalue weighted by atomic mass is 9.90. The molecule has 2 saturated carbocycles. The first-order chi connectivity index (χ1) is 18.8. The molecule has 4 unspecified atom stereocenters. The second-order valence-electron chi connectivity index (χ2n) is 11.9. The van der Waals surface area contributed by atoms with Crippen LogP contribution in [0.5, 0.6) is 0 Å². The van der Waals surface area contributed by atoms with Crippen LogP contribution in [-0.2, 0) is 13.1 Å². The van der Waals surface area contributed by atoms with E-state index in [1.807, 2.05) is 0 Å². The third kappa shape index (κ3) is 4.67. The summed E-state index contributed by atoms with van der Waals surface area (Å²) in [7, 11) is 0. The molecule has 6 nitrogen and oxygen atoms in total. The van der Waals surface area contributed by atoms with Gasteiger partial charge in [-0.2, -0.15) is 0 Å². The average Bonchev–Trinajstić information content (AvgIpc) is 3.53. The molecule has 2 aromatic rings. The van der Waals surface area contributed by atoms with Gasteiger partial charge in [-0.15, -0.1) is 0 Å². The normalized spacial score (nSPS) is 29.2. The summed E-state index contributed by atoms with van der Waals surface area (Å²) < 4.78 is 0. The van der Waals surface area contributed by atoms with E-state index < -0.39 is 0 Å². The van der Waals surface area contributed by atoms with Crippen LogP contribution in [-0.4, -0.2) is 81.9 Å². The first-order valence-electron chi connectivity index (χ1n) is 15.1. The van der Waals surface area contributed by atoms with Crippen molar-refractivity contribution in [3.63, 3.8) is 0 Å². The molecule has 6 heteroatoms. The molecular weight excluding hydrogens is 468 g/mol. The van der Waals surface area contributed by atoms with Crippen LogP contribution in [0.25, 0.3) is 0 Å². The maximum Gasteiger partial charge on any atom is 0.197 e. The second-order valence-corrected chi connectivity index (χ2v) is 11.9. The Morgan fingerprint density at radius 2 is 0.921 bits per heavy atom. The van der Waals surface area contributed by atoms with Gasteiger partial charge in [-0.3, -0.25) is 0 Å². The van der Waals surface area contributed by atoms with Gasteiger partial charge in [0.05, 0.1) is 24.2 Å². The second kappa shape index (κ2) is 10.6. The van der Waals surface area contributed by atoms with Crippen LogP contribution in [0, 0.1) is 0 Å². The summed E-state index contributed by atoms with van der Waals surface area (Å²) in [6, 6.07) is 24.1. The van der Waals surface area contributed by atoms with Crippen molar-refractivity contribution in [2.24, 2.45) is 9.98 Å². The summed E-state index contributed by atoms with van der Waals surface area (Å²) in [5.41, 5.74) is 2.79. The molecule has 0 amide bonds. The van der Waals surface area contributed by atoms with Gasteiger partial charge in [0.15, 0.2) is 11.9 Å². The molecule has 0 aromatic heterocycles. The zero-order chi connectivity index (χ0) is 25.3. The van der Waals surface area contributed by atoms with Gasteiger partial charge < -0.3 is 19.6 Å². The smallest absolute Gasteiger partial charge is 0.197 e. The maximum atomic E-state index is 5.37. The Labute approximate surface area is 228 Å². The van der Waals surface area contributed by atoms with Crippen LogP contribution in [0.3, 0.4) is 0 Å². The fourth-order valence-corrected chi connectivity index (χ4v) is 7.52. The topological polar surface area (TPSA) is 37.7 Å². The van der Waals surface area contributed by atoms with Crippen molar-refractivity contribution in [2.45, 2.75) is 88.6 Å². The zero-order valence-electron chi connectivity index (χ0n) is 22.7. The molecule has 0 spiro atoms. The van der Waals surface area contributed by atoms with Crippen molar-refractivity contribution in [3.05, 3.63) is 71.8 Å². The summed E-state index contributed by atoms with van der Waals surface area (Å²) in [4.78, 5) is 21.2. The van der Waals surface area contributed by atoms with Crippen molar-refractivity contribution < 1.29 is 0 Å². The lowest BCUT2D eigenvalue weighted by Gasteiger charge is -2.43. The summed E-state index contributed by atoms with van der Waals surface area (Å²) in [5.74, 6) is 2.52. The minimum atomic E-state index is 0.476. The highest BCUT2D eigenvalue weighted by atomic mass is 15.5. The number of guanidine groups is 2. The number of hydrogen-bond acceptors (Lipinski definition) is 6. The molecule has 3 fully saturated rings. The van der Waals surface area contributed by atoms with Gasteiger partial charge in [0.25, 0.3) is 0 Å². The van der Waals surface area contributed by atoms with E-state index in [1.165, 1.54) is 74.4 Å². The van der Waals surface area contributed by atoms with E-state index in [1.54, 1.807) is 0 Å². The van der Waals surface area contributed by atoms with E-state index in [4.69, 9.17) is 9.98 Å². The number of nitrogens with zero attached hydrogens (tertiary/aromatic N) is 6. The first-order valence-corrected chi connectivity index (χ1v) is 15.1. The Balaban J connectivity index is 1.07. The fraction of sp³-hybridized carbons (Fsp3) is 0.562. The molecule has 0 radical (unpaired) electrons. The van der Waals surface area contributed by atoms with Crippen LogP contribution in [0.15, 0.2) is 70.6 Å². The van der Waals surface area contributed by atoms with Gasteiger partial charge in [0.1, 0.15) is 0 Å². The molecule has 0 bridgehead atoms. The Morgan fingerprint density at radius 3 is 1.34 bits per heavy atom. The highest BCUT2D eigenvalue weighted by Gasteiger charge is 2.43. The third-order valence-corrected chi connectivity index (χ3v) is 9.50. The number of aliphatic imine (C=N–C) groups is 2. The van der Waals surface area contributed by atoms with Crippen LogP contribution >= 0.6 is 0 Å².